The molecule has 2 aromatic carbocycles. The van der Waals surface area contributed by atoms with Crippen molar-refractivity contribution >= 4 is 34.5 Å². The number of carbonyl (C=O) groups is 2. The van der Waals surface area contributed by atoms with Crippen LogP contribution in [0.4, 0.5) is 11.6 Å². The molecular formula is C20H18N4O2. The summed E-state index contributed by atoms with van der Waals surface area (Å²) in [6.45, 7) is 0. The second-order valence-electron chi connectivity index (χ2n) is 6.84. The van der Waals surface area contributed by atoms with Gasteiger partial charge in [-0.05, 0) is 37.1 Å². The molecule has 2 aliphatic rings. The van der Waals surface area contributed by atoms with Crippen molar-refractivity contribution in [2.24, 2.45) is 0 Å². The number of rotatable bonds is 4. The monoisotopic (exact) mass is 346 g/mol. The van der Waals surface area contributed by atoms with E-state index in [1.54, 1.807) is 4.90 Å². The third kappa shape index (κ3) is 2.37. The fourth-order valence-electron chi connectivity index (χ4n) is 3.64. The highest BCUT2D eigenvalue weighted by Crippen LogP contribution is 2.42. The van der Waals surface area contributed by atoms with Gasteiger partial charge in [-0.25, -0.2) is 4.98 Å². The summed E-state index contributed by atoms with van der Waals surface area (Å²) >= 11 is 0. The smallest absolute Gasteiger partial charge is 0.253 e. The zero-order chi connectivity index (χ0) is 17.7. The van der Waals surface area contributed by atoms with E-state index in [1.165, 1.54) is 0 Å². The number of aromatic nitrogens is 2. The van der Waals surface area contributed by atoms with Crippen LogP contribution in [0.25, 0.3) is 11.0 Å². The third-order valence-electron chi connectivity index (χ3n) is 4.98. The highest BCUT2D eigenvalue weighted by molar-refractivity contribution is 6.05. The van der Waals surface area contributed by atoms with Crippen molar-refractivity contribution in [3.63, 3.8) is 0 Å². The molecular weight excluding hydrogens is 328 g/mol. The van der Waals surface area contributed by atoms with E-state index in [9.17, 15) is 9.59 Å². The van der Waals surface area contributed by atoms with Crippen molar-refractivity contribution in [2.75, 3.05) is 10.2 Å². The molecule has 1 atom stereocenters. The quantitative estimate of drug-likeness (QED) is 0.789. The van der Waals surface area contributed by atoms with Gasteiger partial charge < -0.3 is 5.32 Å². The number of nitrogens with one attached hydrogen (secondary N) is 1. The Morgan fingerprint density at radius 3 is 2.58 bits per heavy atom. The van der Waals surface area contributed by atoms with Crippen LogP contribution in [0.15, 0.2) is 54.6 Å². The van der Waals surface area contributed by atoms with E-state index in [-0.39, 0.29) is 24.3 Å². The molecule has 1 aromatic heterocycles. The van der Waals surface area contributed by atoms with E-state index in [4.69, 9.17) is 0 Å². The van der Waals surface area contributed by atoms with Gasteiger partial charge in [0, 0.05) is 11.7 Å². The average molecular weight is 346 g/mol. The zero-order valence-electron chi connectivity index (χ0n) is 14.1. The summed E-state index contributed by atoms with van der Waals surface area (Å²) in [4.78, 5) is 32.0. The summed E-state index contributed by atoms with van der Waals surface area (Å²) < 4.78 is 1.93. The molecule has 3 aromatic rings. The highest BCUT2D eigenvalue weighted by Gasteiger charge is 2.47. The Kier molecular flexibility index (Phi) is 3.31. The Morgan fingerprint density at radius 2 is 1.81 bits per heavy atom. The molecule has 0 saturated heterocycles. The van der Waals surface area contributed by atoms with Gasteiger partial charge in [0.15, 0.2) is 0 Å². The summed E-state index contributed by atoms with van der Waals surface area (Å²) in [6, 6.07) is 16.8. The van der Waals surface area contributed by atoms with Gasteiger partial charge in [0.25, 0.3) is 5.91 Å². The van der Waals surface area contributed by atoms with Crippen molar-refractivity contribution in [2.45, 2.75) is 31.3 Å². The number of imidazole rings is 1. The Balaban J connectivity index is 1.49. The fraction of sp³-hybridized carbons (Fsp3) is 0.250. The van der Waals surface area contributed by atoms with E-state index in [0.29, 0.717) is 5.95 Å². The van der Waals surface area contributed by atoms with E-state index in [2.05, 4.69) is 10.3 Å². The SMILES string of the molecule is O=C(C[C@H]1C(=O)N(C2CC2)c2nc3ccccc3n21)Nc1ccccc1. The second kappa shape index (κ2) is 5.69. The van der Waals surface area contributed by atoms with E-state index >= 15 is 0 Å². The van der Waals surface area contributed by atoms with Crippen molar-refractivity contribution in [1.82, 2.24) is 9.55 Å². The van der Waals surface area contributed by atoms with Gasteiger partial charge in [-0.1, -0.05) is 30.3 Å². The third-order valence-corrected chi connectivity index (χ3v) is 4.98. The van der Waals surface area contributed by atoms with Crippen molar-refractivity contribution in [3.8, 4) is 0 Å². The van der Waals surface area contributed by atoms with Crippen LogP contribution < -0.4 is 10.2 Å². The predicted octanol–water partition coefficient (Wildman–Crippen LogP) is 3.12. The Labute approximate surface area is 150 Å². The van der Waals surface area contributed by atoms with Gasteiger partial charge in [0.2, 0.25) is 11.9 Å². The molecule has 1 saturated carbocycles. The lowest BCUT2D eigenvalue weighted by Gasteiger charge is -2.15. The summed E-state index contributed by atoms with van der Waals surface area (Å²) in [7, 11) is 0. The van der Waals surface area contributed by atoms with Gasteiger partial charge in [0.05, 0.1) is 17.5 Å². The van der Waals surface area contributed by atoms with Crippen LogP contribution in [0.5, 0.6) is 0 Å². The Hall–Kier alpha value is -3.15. The molecule has 1 aliphatic carbocycles. The number of hydrogen-bond acceptors (Lipinski definition) is 3. The van der Waals surface area contributed by atoms with Crippen molar-refractivity contribution in [1.29, 1.82) is 0 Å². The molecule has 0 bridgehead atoms. The highest BCUT2D eigenvalue weighted by atomic mass is 16.2. The van der Waals surface area contributed by atoms with Crippen LogP contribution in [0.3, 0.4) is 0 Å². The van der Waals surface area contributed by atoms with Crippen LogP contribution in [0.1, 0.15) is 25.3 Å². The lowest BCUT2D eigenvalue weighted by Crippen LogP contribution is -2.33. The molecule has 0 unspecified atom stereocenters. The van der Waals surface area contributed by atoms with Crippen molar-refractivity contribution < 1.29 is 9.59 Å². The molecule has 26 heavy (non-hydrogen) atoms. The maximum absolute atomic E-state index is 13.0. The first-order valence-corrected chi connectivity index (χ1v) is 8.87. The molecule has 1 N–H and O–H groups in total. The predicted molar refractivity (Wildman–Crippen MR) is 99.0 cm³/mol. The van der Waals surface area contributed by atoms with Gasteiger partial charge >= 0.3 is 0 Å². The van der Waals surface area contributed by atoms with E-state index in [1.807, 2.05) is 59.2 Å². The molecule has 2 amide bonds. The molecule has 0 radical (unpaired) electrons. The molecule has 130 valence electrons. The average Bonchev–Trinajstić information content (AvgIpc) is 3.35. The van der Waals surface area contributed by atoms with Crippen LogP contribution in [0.2, 0.25) is 0 Å². The van der Waals surface area contributed by atoms with Gasteiger partial charge in [0.1, 0.15) is 6.04 Å². The minimum absolute atomic E-state index is 0.0241. The minimum atomic E-state index is -0.540. The first-order valence-electron chi connectivity index (χ1n) is 8.87. The van der Waals surface area contributed by atoms with Gasteiger partial charge in [-0.15, -0.1) is 0 Å². The fourth-order valence-corrected chi connectivity index (χ4v) is 3.64. The topological polar surface area (TPSA) is 67.2 Å². The van der Waals surface area contributed by atoms with Crippen LogP contribution in [0, 0.1) is 0 Å². The lowest BCUT2D eigenvalue weighted by atomic mass is 10.1. The normalized spacial score (nSPS) is 19.0. The Morgan fingerprint density at radius 1 is 1.08 bits per heavy atom. The number of fused-ring (bicyclic) bond motifs is 3. The first kappa shape index (κ1) is 15.1. The van der Waals surface area contributed by atoms with Crippen molar-refractivity contribution in [3.05, 3.63) is 54.6 Å². The number of benzene rings is 2. The van der Waals surface area contributed by atoms with E-state index in [0.717, 1.165) is 29.6 Å². The number of amides is 2. The molecule has 0 spiro atoms. The summed E-state index contributed by atoms with van der Waals surface area (Å²) in [5.41, 5.74) is 2.49. The number of nitrogens with zero attached hydrogens (tertiary/aromatic N) is 3. The second-order valence-corrected chi connectivity index (χ2v) is 6.84. The number of carbonyl (C=O) groups excluding carboxylic acids is 2. The maximum Gasteiger partial charge on any atom is 0.253 e. The first-order chi connectivity index (χ1) is 12.7. The van der Waals surface area contributed by atoms with Crippen LogP contribution in [-0.2, 0) is 9.59 Å². The lowest BCUT2D eigenvalue weighted by molar-refractivity contribution is -0.124. The van der Waals surface area contributed by atoms with Crippen LogP contribution in [-0.4, -0.2) is 27.4 Å². The molecule has 2 heterocycles. The number of anilines is 2. The molecule has 5 rings (SSSR count). The standard InChI is InChI=1S/C20H18N4O2/c25-18(21-13-6-2-1-3-7-13)12-17-19(26)23(14-10-11-14)20-22-15-8-4-5-9-16(15)24(17)20/h1-9,14,17H,10-12H2,(H,21,25)/t17-/m0/s1. The number of hydrogen-bond donors (Lipinski definition) is 1. The minimum Gasteiger partial charge on any atom is -0.326 e. The van der Waals surface area contributed by atoms with E-state index < -0.39 is 6.04 Å². The largest absolute Gasteiger partial charge is 0.326 e. The molecule has 1 fully saturated rings. The summed E-state index contributed by atoms with van der Waals surface area (Å²) in [6.07, 6.45) is 2.10. The van der Waals surface area contributed by atoms with Gasteiger partial charge in [-0.2, -0.15) is 0 Å². The summed E-state index contributed by atoms with van der Waals surface area (Å²) in [5, 5.41) is 2.88. The number of para-hydroxylation sites is 3. The summed E-state index contributed by atoms with van der Waals surface area (Å²) in [5.74, 6) is 0.483. The maximum atomic E-state index is 13.0. The van der Waals surface area contributed by atoms with Gasteiger partial charge in [-0.3, -0.25) is 19.1 Å². The Bertz CT molecular complexity index is 1010. The molecule has 1 aliphatic heterocycles. The zero-order valence-corrected chi connectivity index (χ0v) is 14.1. The van der Waals surface area contributed by atoms with Crippen LogP contribution >= 0.6 is 0 Å². The molecule has 6 nitrogen and oxygen atoms in total. The molecule has 6 heteroatoms.